The van der Waals surface area contributed by atoms with Gasteiger partial charge in [-0.15, -0.1) is 22.7 Å². The van der Waals surface area contributed by atoms with Gasteiger partial charge in [0.1, 0.15) is 21.9 Å². The minimum Gasteiger partial charge on any atom is -0.360 e. The highest BCUT2D eigenvalue weighted by Crippen LogP contribution is 2.32. The van der Waals surface area contributed by atoms with Crippen LogP contribution in [0.3, 0.4) is 0 Å². The maximum Gasteiger partial charge on any atom is 0.176 e. The standard InChI is InChI=1S/C12H13N5S3/c1-6-4-13-11(19-6)7(2)16-9-8-10(15-5-14-9)17-12(18-3)20-8/h4-5,7H,1-3H3,(H,14,15,16). The molecule has 0 aliphatic rings. The summed E-state index contributed by atoms with van der Waals surface area (Å²) >= 11 is 4.93. The number of nitrogens with one attached hydrogen (secondary N) is 1. The fourth-order valence-corrected chi connectivity index (χ4v) is 4.01. The number of hydrogen-bond donors (Lipinski definition) is 1. The van der Waals surface area contributed by atoms with Gasteiger partial charge in [-0.3, -0.25) is 0 Å². The molecule has 0 aliphatic heterocycles. The normalized spacial score (nSPS) is 12.8. The molecule has 5 nitrogen and oxygen atoms in total. The molecule has 20 heavy (non-hydrogen) atoms. The Balaban J connectivity index is 1.92. The zero-order chi connectivity index (χ0) is 14.1. The van der Waals surface area contributed by atoms with Crippen molar-refractivity contribution in [3.63, 3.8) is 0 Å². The Morgan fingerprint density at radius 3 is 2.80 bits per heavy atom. The zero-order valence-electron chi connectivity index (χ0n) is 11.2. The summed E-state index contributed by atoms with van der Waals surface area (Å²) in [5.41, 5.74) is 0.749. The summed E-state index contributed by atoms with van der Waals surface area (Å²) < 4.78 is 2.00. The van der Waals surface area contributed by atoms with E-state index in [0.717, 1.165) is 25.5 Å². The molecule has 8 heteroatoms. The lowest BCUT2D eigenvalue weighted by Crippen LogP contribution is -2.07. The zero-order valence-corrected chi connectivity index (χ0v) is 13.7. The fourth-order valence-electron chi connectivity index (χ4n) is 1.76. The molecule has 0 amide bonds. The van der Waals surface area contributed by atoms with E-state index < -0.39 is 0 Å². The van der Waals surface area contributed by atoms with Gasteiger partial charge in [-0.1, -0.05) is 11.8 Å². The predicted molar refractivity (Wildman–Crippen MR) is 85.9 cm³/mol. The summed E-state index contributed by atoms with van der Waals surface area (Å²) in [5, 5.41) is 4.47. The molecule has 0 radical (unpaired) electrons. The van der Waals surface area contributed by atoms with Gasteiger partial charge in [0.2, 0.25) is 0 Å². The van der Waals surface area contributed by atoms with Gasteiger partial charge in [0, 0.05) is 11.1 Å². The minimum absolute atomic E-state index is 0.117. The van der Waals surface area contributed by atoms with Gasteiger partial charge in [0.15, 0.2) is 9.99 Å². The Morgan fingerprint density at radius 2 is 2.10 bits per heavy atom. The molecule has 0 bridgehead atoms. The van der Waals surface area contributed by atoms with Crippen molar-refractivity contribution in [2.45, 2.75) is 24.2 Å². The highest BCUT2D eigenvalue weighted by molar-refractivity contribution is 8.00. The SMILES string of the molecule is CSc1nc2ncnc(NC(C)c3ncc(C)s3)c2s1. The van der Waals surface area contributed by atoms with Crippen molar-refractivity contribution in [3.05, 3.63) is 22.4 Å². The molecule has 1 N–H and O–H groups in total. The monoisotopic (exact) mass is 323 g/mol. The Morgan fingerprint density at radius 1 is 1.25 bits per heavy atom. The summed E-state index contributed by atoms with van der Waals surface area (Å²) in [7, 11) is 0. The summed E-state index contributed by atoms with van der Waals surface area (Å²) in [6.45, 7) is 4.15. The molecule has 0 aliphatic carbocycles. The lowest BCUT2D eigenvalue weighted by molar-refractivity contribution is 0.862. The number of thioether (sulfide) groups is 1. The molecule has 3 aromatic heterocycles. The first kappa shape index (κ1) is 13.7. The van der Waals surface area contributed by atoms with E-state index in [2.05, 4.69) is 39.1 Å². The molecule has 0 spiro atoms. The first-order valence-corrected chi connectivity index (χ1v) is 8.87. The number of hydrogen-bond acceptors (Lipinski definition) is 8. The Labute approximate surface area is 128 Å². The molecule has 3 rings (SSSR count). The van der Waals surface area contributed by atoms with Crippen LogP contribution in [0, 0.1) is 6.92 Å². The van der Waals surface area contributed by atoms with Crippen LogP contribution < -0.4 is 5.32 Å². The second-order valence-corrected chi connectivity index (χ2v) is 7.55. The van der Waals surface area contributed by atoms with Crippen molar-refractivity contribution in [3.8, 4) is 0 Å². The molecule has 0 aromatic carbocycles. The number of aryl methyl sites for hydroxylation is 1. The first-order valence-electron chi connectivity index (χ1n) is 6.01. The van der Waals surface area contributed by atoms with Crippen LogP contribution in [-0.4, -0.2) is 26.2 Å². The first-order chi connectivity index (χ1) is 9.67. The smallest absolute Gasteiger partial charge is 0.176 e. The molecule has 0 saturated heterocycles. The third-order valence-electron chi connectivity index (χ3n) is 2.71. The van der Waals surface area contributed by atoms with Gasteiger partial charge < -0.3 is 5.32 Å². The number of thiazole rings is 2. The van der Waals surface area contributed by atoms with E-state index in [-0.39, 0.29) is 6.04 Å². The van der Waals surface area contributed by atoms with Crippen molar-refractivity contribution in [2.75, 3.05) is 11.6 Å². The van der Waals surface area contributed by atoms with E-state index in [1.807, 2.05) is 12.5 Å². The molecule has 3 aromatic rings. The van der Waals surface area contributed by atoms with Crippen LogP contribution in [0.2, 0.25) is 0 Å². The van der Waals surface area contributed by atoms with Gasteiger partial charge >= 0.3 is 0 Å². The highest BCUT2D eigenvalue weighted by Gasteiger charge is 2.14. The number of fused-ring (bicyclic) bond motifs is 1. The van der Waals surface area contributed by atoms with Crippen LogP contribution in [0.1, 0.15) is 22.9 Å². The number of nitrogens with zero attached hydrogens (tertiary/aromatic N) is 4. The second-order valence-electron chi connectivity index (χ2n) is 4.23. The Kier molecular flexibility index (Phi) is 3.86. The third-order valence-corrected chi connectivity index (χ3v) is 5.84. The van der Waals surface area contributed by atoms with E-state index in [4.69, 9.17) is 0 Å². The summed E-state index contributed by atoms with van der Waals surface area (Å²) in [4.78, 5) is 18.6. The molecule has 104 valence electrons. The van der Waals surface area contributed by atoms with Crippen LogP contribution in [0.4, 0.5) is 5.82 Å². The Hall–Kier alpha value is -1.25. The van der Waals surface area contributed by atoms with Crippen molar-refractivity contribution >= 4 is 50.6 Å². The van der Waals surface area contributed by atoms with Crippen LogP contribution in [-0.2, 0) is 0 Å². The van der Waals surface area contributed by atoms with Crippen molar-refractivity contribution in [1.29, 1.82) is 0 Å². The molecule has 3 heterocycles. The quantitative estimate of drug-likeness (QED) is 0.738. The molecule has 0 fully saturated rings. The average Bonchev–Trinajstić information content (AvgIpc) is 3.05. The molecule has 1 atom stereocenters. The van der Waals surface area contributed by atoms with Crippen LogP contribution in [0.15, 0.2) is 16.9 Å². The maximum absolute atomic E-state index is 4.45. The summed E-state index contributed by atoms with van der Waals surface area (Å²) in [6.07, 6.45) is 5.46. The van der Waals surface area contributed by atoms with Gasteiger partial charge in [-0.2, -0.15) is 0 Å². The molecule has 1 unspecified atom stereocenters. The van der Waals surface area contributed by atoms with E-state index in [0.29, 0.717) is 0 Å². The second kappa shape index (κ2) is 5.63. The van der Waals surface area contributed by atoms with Gasteiger partial charge in [0.05, 0.1) is 6.04 Å². The topological polar surface area (TPSA) is 63.6 Å². The van der Waals surface area contributed by atoms with E-state index in [1.165, 1.54) is 4.88 Å². The largest absolute Gasteiger partial charge is 0.360 e. The van der Waals surface area contributed by atoms with Crippen molar-refractivity contribution < 1.29 is 0 Å². The summed E-state index contributed by atoms with van der Waals surface area (Å²) in [6, 6.07) is 0.117. The Bertz CT molecular complexity index is 736. The van der Waals surface area contributed by atoms with Crippen LogP contribution >= 0.6 is 34.4 Å². The third kappa shape index (κ3) is 2.63. The van der Waals surface area contributed by atoms with Gasteiger partial charge in [-0.05, 0) is 20.1 Å². The fraction of sp³-hybridized carbons (Fsp3) is 0.333. The minimum atomic E-state index is 0.117. The summed E-state index contributed by atoms with van der Waals surface area (Å²) in [5.74, 6) is 0.827. The van der Waals surface area contributed by atoms with Crippen LogP contribution in [0.5, 0.6) is 0 Å². The predicted octanol–water partition coefficient (Wildman–Crippen LogP) is 3.75. The lowest BCUT2D eigenvalue weighted by Gasteiger charge is -2.11. The molecular formula is C12H13N5S3. The van der Waals surface area contributed by atoms with Crippen LogP contribution in [0.25, 0.3) is 10.3 Å². The molecular weight excluding hydrogens is 310 g/mol. The number of anilines is 1. The highest BCUT2D eigenvalue weighted by atomic mass is 32.2. The lowest BCUT2D eigenvalue weighted by atomic mass is 10.3. The van der Waals surface area contributed by atoms with E-state index in [1.54, 1.807) is 40.8 Å². The number of rotatable bonds is 4. The maximum atomic E-state index is 4.45. The van der Waals surface area contributed by atoms with Crippen molar-refractivity contribution in [2.24, 2.45) is 0 Å². The van der Waals surface area contributed by atoms with Crippen molar-refractivity contribution in [1.82, 2.24) is 19.9 Å². The van der Waals surface area contributed by atoms with E-state index in [9.17, 15) is 0 Å². The van der Waals surface area contributed by atoms with E-state index >= 15 is 0 Å². The molecule has 0 saturated carbocycles. The van der Waals surface area contributed by atoms with Gasteiger partial charge in [-0.25, -0.2) is 19.9 Å². The number of aromatic nitrogens is 4. The average molecular weight is 323 g/mol. The van der Waals surface area contributed by atoms with Gasteiger partial charge in [0.25, 0.3) is 0 Å².